The predicted molar refractivity (Wildman–Crippen MR) is 210 cm³/mol. The minimum atomic E-state index is -5.28. The first-order valence-corrected chi connectivity index (χ1v) is 23.7. The van der Waals surface area contributed by atoms with Crippen LogP contribution in [0.25, 0.3) is 10.8 Å². The molecule has 59 heavy (non-hydrogen) atoms. The molecule has 0 fully saturated rings. The van der Waals surface area contributed by atoms with Crippen molar-refractivity contribution in [2.75, 3.05) is 29.1 Å². The highest BCUT2D eigenvalue weighted by Crippen LogP contribution is 2.46. The topological polar surface area (TPSA) is 340 Å². The van der Waals surface area contributed by atoms with Crippen LogP contribution < -0.4 is 10.2 Å². The summed E-state index contributed by atoms with van der Waals surface area (Å²) in [6, 6.07) is 12.2. The first-order valence-electron chi connectivity index (χ1n) is 15.9. The molecule has 0 spiro atoms. The van der Waals surface area contributed by atoms with Crippen LogP contribution in [0, 0.1) is 0 Å². The van der Waals surface area contributed by atoms with Crippen molar-refractivity contribution in [2.24, 2.45) is 10.2 Å². The number of rotatable bonds is 16. The van der Waals surface area contributed by atoms with Crippen molar-refractivity contribution in [3.63, 3.8) is 0 Å². The van der Waals surface area contributed by atoms with Gasteiger partial charge in [0.25, 0.3) is 20.2 Å². The summed E-state index contributed by atoms with van der Waals surface area (Å²) in [5.74, 6) is -2.45. The molecule has 0 saturated carbocycles. The lowest BCUT2D eigenvalue weighted by Gasteiger charge is -2.22. The number of phenolic OH excluding ortho intramolecular Hbond substituents is 1. The van der Waals surface area contributed by atoms with E-state index in [0.29, 0.717) is 6.07 Å². The number of hydrogen-bond acceptors (Lipinski definition) is 19. The van der Waals surface area contributed by atoms with Crippen molar-refractivity contribution in [3.05, 3.63) is 84.0 Å². The fraction of sp³-hybridized carbons (Fsp3) is 0.129. The van der Waals surface area contributed by atoms with Crippen molar-refractivity contribution < 1.29 is 65.0 Å². The first-order chi connectivity index (χ1) is 27.3. The van der Waals surface area contributed by atoms with Gasteiger partial charge in [0.2, 0.25) is 17.2 Å². The summed E-state index contributed by atoms with van der Waals surface area (Å²) in [6.07, 6.45) is 0. The number of aromatic nitrogens is 3. The van der Waals surface area contributed by atoms with Crippen LogP contribution in [0.4, 0.5) is 34.6 Å². The van der Waals surface area contributed by atoms with E-state index in [2.05, 4.69) is 41.3 Å². The first kappa shape index (κ1) is 44.9. The van der Waals surface area contributed by atoms with Crippen LogP contribution in [0.15, 0.2) is 109 Å². The van der Waals surface area contributed by atoms with Crippen molar-refractivity contribution in [1.82, 2.24) is 15.0 Å². The molecule has 4 aromatic carbocycles. The molecule has 0 atom stereocenters. The molecule has 0 aliphatic rings. The molecule has 28 heteroatoms. The van der Waals surface area contributed by atoms with E-state index in [-0.39, 0.29) is 39.0 Å². The zero-order chi connectivity index (χ0) is 43.7. The molecule has 0 amide bonds. The third kappa shape index (κ3) is 10.7. The lowest BCUT2D eigenvalue weighted by molar-refractivity contribution is 0.284. The van der Waals surface area contributed by atoms with Gasteiger partial charge in [-0.25, -0.2) is 21.0 Å². The van der Waals surface area contributed by atoms with Crippen LogP contribution in [0.2, 0.25) is 5.28 Å². The molecular weight excluding hydrogens is 906 g/mol. The Labute approximate surface area is 341 Å². The van der Waals surface area contributed by atoms with E-state index in [9.17, 15) is 56.3 Å². The molecule has 5 N–H and O–H groups in total. The molecule has 5 rings (SSSR count). The minimum absolute atomic E-state index is 0.102. The largest absolute Gasteiger partial charge is 0.505 e. The normalized spacial score (nSPS) is 12.8. The smallest absolute Gasteiger partial charge is 0.397 e. The van der Waals surface area contributed by atoms with Crippen molar-refractivity contribution in [1.29, 1.82) is 0 Å². The molecule has 0 bridgehead atoms. The van der Waals surface area contributed by atoms with Gasteiger partial charge in [-0.05, 0) is 84.6 Å². The number of nitrogens with one attached hydrogen (secondary N) is 1. The van der Waals surface area contributed by atoms with Crippen LogP contribution >= 0.6 is 11.6 Å². The lowest BCUT2D eigenvalue weighted by atomic mass is 10.1. The molecule has 0 saturated heterocycles. The van der Waals surface area contributed by atoms with Gasteiger partial charge in [-0.2, -0.15) is 45.3 Å². The molecule has 0 unspecified atom stereocenters. The van der Waals surface area contributed by atoms with Gasteiger partial charge >= 0.3 is 10.4 Å². The molecule has 0 aliphatic heterocycles. The molecule has 5 aromatic rings. The molecular formula is C31H28ClN7O15S5. The number of anilines is 4. The van der Waals surface area contributed by atoms with Crippen LogP contribution in [-0.4, -0.2) is 94.7 Å². The molecule has 1 aromatic heterocycles. The highest BCUT2D eigenvalue weighted by atomic mass is 35.5. The maximum Gasteiger partial charge on any atom is 0.397 e. The number of hydrogen-bond donors (Lipinski definition) is 5. The maximum absolute atomic E-state index is 12.5. The Morgan fingerprint density at radius 1 is 0.831 bits per heavy atom. The average molecular weight is 934 g/mol. The quantitative estimate of drug-likeness (QED) is 0.0661. The van der Waals surface area contributed by atoms with Gasteiger partial charge in [-0.15, -0.1) is 5.11 Å². The summed E-state index contributed by atoms with van der Waals surface area (Å²) < 4.78 is 154. The third-order valence-corrected chi connectivity index (χ3v) is 13.2. The number of azo groups is 1. The SMILES string of the molecule is C=CS(=O)(=O)c1cccc(N(CC)c2nc(Cl)nc(Nc3cc(S(=O)(=O)O)cc4cc(S(=O)(=O)O)c(N=Nc5ccc(S(=O)(=O)CCOS(=O)(=O)O)cc5)c(O)c34)n2)c1. The molecule has 1 heterocycles. The van der Waals surface area contributed by atoms with E-state index in [1.165, 1.54) is 23.1 Å². The summed E-state index contributed by atoms with van der Waals surface area (Å²) in [4.78, 5) is 11.4. The van der Waals surface area contributed by atoms with Crippen molar-refractivity contribution >= 4 is 107 Å². The number of aromatic hydroxyl groups is 1. The van der Waals surface area contributed by atoms with E-state index in [4.69, 9.17) is 16.2 Å². The second kappa shape index (κ2) is 16.8. The number of halogens is 1. The predicted octanol–water partition coefficient (Wildman–Crippen LogP) is 4.70. The van der Waals surface area contributed by atoms with E-state index < -0.39 is 106 Å². The van der Waals surface area contributed by atoms with Gasteiger partial charge in [0.1, 0.15) is 10.6 Å². The standard InChI is InChI=1S/C31H28ClN7O15S5/c1-3-39(20-6-5-7-22(16-20)55(41,42)4-2)31-35-29(32)34-30(36-31)33-24-17-23(57(45,46)47)14-18-15-25(58(48,49)50)27(28(40)26(18)24)38-37-19-8-10-21(11-9-19)56(43,44)13-12-54-59(51,52)53/h4-11,14-17,40H,2-3,12-13H2,1H3,(H,45,46,47)(H,48,49,50)(H,51,52,53)(H,33,34,35,36). The number of phenols is 1. The third-order valence-electron chi connectivity index (χ3n) is 7.82. The second-order valence-electron chi connectivity index (χ2n) is 11.7. The van der Waals surface area contributed by atoms with Crippen molar-refractivity contribution in [3.8, 4) is 5.75 Å². The lowest BCUT2D eigenvalue weighted by Crippen LogP contribution is -2.20. The van der Waals surface area contributed by atoms with Crippen molar-refractivity contribution in [2.45, 2.75) is 26.5 Å². The Balaban J connectivity index is 1.62. The zero-order valence-electron chi connectivity index (χ0n) is 29.6. The van der Waals surface area contributed by atoms with E-state index in [1.807, 2.05) is 0 Å². The summed E-state index contributed by atoms with van der Waals surface area (Å²) >= 11 is 6.24. The zero-order valence-corrected chi connectivity index (χ0v) is 34.5. The monoisotopic (exact) mass is 933 g/mol. The number of sulfone groups is 2. The van der Waals surface area contributed by atoms with Crippen LogP contribution in [0.1, 0.15) is 6.92 Å². The van der Waals surface area contributed by atoms with Crippen LogP contribution in [0.5, 0.6) is 5.75 Å². The fourth-order valence-corrected chi connectivity index (χ4v) is 8.79. The van der Waals surface area contributed by atoms with Gasteiger partial charge in [0, 0.05) is 23.0 Å². The Morgan fingerprint density at radius 3 is 2.10 bits per heavy atom. The Kier molecular flexibility index (Phi) is 12.8. The second-order valence-corrected chi connectivity index (χ2v) is 19.9. The molecule has 0 radical (unpaired) electrons. The Bertz CT molecular complexity index is 3100. The summed E-state index contributed by atoms with van der Waals surface area (Å²) in [6.45, 7) is 4.23. The minimum Gasteiger partial charge on any atom is -0.505 e. The molecule has 314 valence electrons. The summed E-state index contributed by atoms with van der Waals surface area (Å²) in [7, 11) is -23.2. The van der Waals surface area contributed by atoms with Gasteiger partial charge in [0.05, 0.1) is 38.4 Å². The highest BCUT2D eigenvalue weighted by Gasteiger charge is 2.27. The number of nitrogens with zero attached hydrogens (tertiary/aromatic N) is 6. The highest BCUT2D eigenvalue weighted by molar-refractivity contribution is 7.94. The summed E-state index contributed by atoms with van der Waals surface area (Å²) in [5, 5.41) is 21.3. The average Bonchev–Trinajstić information content (AvgIpc) is 3.13. The maximum atomic E-state index is 12.5. The molecule has 0 aliphatic carbocycles. The fourth-order valence-electron chi connectivity index (χ4n) is 5.20. The van der Waals surface area contributed by atoms with E-state index in [1.54, 1.807) is 13.0 Å². The number of fused-ring (bicyclic) bond motifs is 1. The van der Waals surface area contributed by atoms with Gasteiger partial charge < -0.3 is 15.3 Å². The van der Waals surface area contributed by atoms with E-state index in [0.717, 1.165) is 41.8 Å². The van der Waals surface area contributed by atoms with E-state index >= 15 is 0 Å². The van der Waals surface area contributed by atoms with Gasteiger partial charge in [-0.1, -0.05) is 12.6 Å². The van der Waals surface area contributed by atoms with Gasteiger partial charge in [0.15, 0.2) is 25.4 Å². The van der Waals surface area contributed by atoms with Gasteiger partial charge in [-0.3, -0.25) is 13.7 Å². The number of benzene rings is 4. The van der Waals surface area contributed by atoms with Crippen LogP contribution in [-0.2, 0) is 54.5 Å². The van der Waals surface area contributed by atoms with Crippen LogP contribution in [0.3, 0.4) is 0 Å². The summed E-state index contributed by atoms with van der Waals surface area (Å²) in [5.41, 5.74) is -1.16. The Morgan fingerprint density at radius 2 is 1.51 bits per heavy atom. The Hall–Kier alpha value is -5.23. The molecule has 22 nitrogen and oxygen atoms in total.